The van der Waals surface area contributed by atoms with Crippen LogP contribution in [0, 0.1) is 12.8 Å². The van der Waals surface area contributed by atoms with Crippen molar-refractivity contribution in [1.29, 1.82) is 0 Å². The standard InChI is InChI=1S/C14H17NO3/c1-8(2)14(18,13(16)17)12-9(3)15-11-7-5-4-6-10(11)12/h4-8,15,18H,1-3H3,(H,16,17). The summed E-state index contributed by atoms with van der Waals surface area (Å²) in [5.74, 6) is -1.64. The quantitative estimate of drug-likeness (QED) is 0.779. The largest absolute Gasteiger partial charge is 0.479 e. The zero-order valence-electron chi connectivity index (χ0n) is 10.7. The number of carboxylic acid groups (broad SMARTS) is 1. The number of carbonyl (C=O) groups is 1. The molecule has 0 aliphatic heterocycles. The molecule has 4 nitrogen and oxygen atoms in total. The molecule has 0 fully saturated rings. The van der Waals surface area contributed by atoms with Gasteiger partial charge in [0.2, 0.25) is 0 Å². The molecule has 0 aliphatic rings. The Morgan fingerprint density at radius 1 is 1.33 bits per heavy atom. The molecule has 0 spiro atoms. The van der Waals surface area contributed by atoms with Gasteiger partial charge < -0.3 is 15.2 Å². The van der Waals surface area contributed by atoms with Gasteiger partial charge >= 0.3 is 5.97 Å². The Balaban J connectivity index is 2.80. The summed E-state index contributed by atoms with van der Waals surface area (Å²) in [5.41, 5.74) is 0.115. The van der Waals surface area contributed by atoms with Gasteiger partial charge in [-0.3, -0.25) is 0 Å². The van der Waals surface area contributed by atoms with Crippen LogP contribution in [0.1, 0.15) is 25.1 Å². The zero-order valence-corrected chi connectivity index (χ0v) is 10.7. The van der Waals surface area contributed by atoms with E-state index >= 15 is 0 Å². The molecule has 3 N–H and O–H groups in total. The maximum Gasteiger partial charge on any atom is 0.340 e. The number of rotatable bonds is 3. The highest BCUT2D eigenvalue weighted by atomic mass is 16.4. The van der Waals surface area contributed by atoms with Crippen LogP contribution in [-0.2, 0) is 10.4 Å². The molecule has 1 aromatic heterocycles. The molecule has 1 heterocycles. The first-order chi connectivity index (χ1) is 8.39. The normalized spacial score (nSPS) is 14.9. The van der Waals surface area contributed by atoms with Gasteiger partial charge in [-0.15, -0.1) is 0 Å². The minimum absolute atomic E-state index is 0.423. The summed E-state index contributed by atoms with van der Waals surface area (Å²) in [6.45, 7) is 5.19. The minimum atomic E-state index is -1.87. The molecule has 0 amide bonds. The predicted octanol–water partition coefficient (Wildman–Crippen LogP) is 2.40. The summed E-state index contributed by atoms with van der Waals surface area (Å²) in [6.07, 6.45) is 0. The number of aromatic amines is 1. The number of aryl methyl sites for hydroxylation is 1. The van der Waals surface area contributed by atoms with Crippen molar-refractivity contribution in [3.63, 3.8) is 0 Å². The summed E-state index contributed by atoms with van der Waals surface area (Å²) in [5, 5.41) is 20.7. The van der Waals surface area contributed by atoms with Gasteiger partial charge in [-0.1, -0.05) is 32.0 Å². The zero-order chi connectivity index (χ0) is 13.5. The minimum Gasteiger partial charge on any atom is -0.479 e. The predicted molar refractivity (Wildman–Crippen MR) is 69.4 cm³/mol. The van der Waals surface area contributed by atoms with Crippen LogP contribution in [0.25, 0.3) is 10.9 Å². The fourth-order valence-electron chi connectivity index (χ4n) is 2.41. The molecule has 96 valence electrons. The highest BCUT2D eigenvalue weighted by Gasteiger charge is 2.44. The Labute approximate surface area is 105 Å². The van der Waals surface area contributed by atoms with Crippen LogP contribution in [0.15, 0.2) is 24.3 Å². The van der Waals surface area contributed by atoms with Crippen molar-refractivity contribution in [2.24, 2.45) is 5.92 Å². The third-order valence-corrected chi connectivity index (χ3v) is 3.44. The average molecular weight is 247 g/mol. The number of fused-ring (bicyclic) bond motifs is 1. The molecule has 1 aromatic carbocycles. The Kier molecular flexibility index (Phi) is 2.91. The molecule has 4 heteroatoms. The number of H-pyrrole nitrogens is 1. The Hall–Kier alpha value is -1.81. The summed E-state index contributed by atoms with van der Waals surface area (Å²) < 4.78 is 0. The first-order valence-electron chi connectivity index (χ1n) is 5.92. The summed E-state index contributed by atoms with van der Waals surface area (Å²) in [7, 11) is 0. The molecule has 0 saturated heterocycles. The number of para-hydroxylation sites is 1. The van der Waals surface area contributed by atoms with Crippen molar-refractivity contribution in [2.75, 3.05) is 0 Å². The van der Waals surface area contributed by atoms with E-state index in [2.05, 4.69) is 4.98 Å². The molecular formula is C14H17NO3. The number of hydrogen-bond donors (Lipinski definition) is 3. The SMILES string of the molecule is Cc1[nH]c2ccccc2c1C(O)(C(=O)O)C(C)C. The second-order valence-electron chi connectivity index (χ2n) is 4.90. The molecule has 0 saturated carbocycles. The Morgan fingerprint density at radius 2 is 1.94 bits per heavy atom. The van der Waals surface area contributed by atoms with Crippen molar-refractivity contribution >= 4 is 16.9 Å². The van der Waals surface area contributed by atoms with Gasteiger partial charge in [0.05, 0.1) is 0 Å². The van der Waals surface area contributed by atoms with Crippen LogP contribution in [0.3, 0.4) is 0 Å². The third kappa shape index (κ3) is 1.61. The topological polar surface area (TPSA) is 73.3 Å². The lowest BCUT2D eigenvalue weighted by Gasteiger charge is -2.28. The van der Waals surface area contributed by atoms with Crippen molar-refractivity contribution in [2.45, 2.75) is 26.4 Å². The summed E-state index contributed by atoms with van der Waals surface area (Å²) >= 11 is 0. The monoisotopic (exact) mass is 247 g/mol. The molecular weight excluding hydrogens is 230 g/mol. The number of benzene rings is 1. The van der Waals surface area contributed by atoms with Crippen LogP contribution in [0.2, 0.25) is 0 Å². The molecule has 0 bridgehead atoms. The molecule has 0 radical (unpaired) electrons. The van der Waals surface area contributed by atoms with Gasteiger partial charge in [-0.2, -0.15) is 0 Å². The summed E-state index contributed by atoms with van der Waals surface area (Å²) in [6, 6.07) is 7.40. The van der Waals surface area contributed by atoms with Crippen molar-refractivity contribution in [3.05, 3.63) is 35.5 Å². The van der Waals surface area contributed by atoms with Gasteiger partial charge in [0.15, 0.2) is 5.60 Å². The van der Waals surface area contributed by atoms with E-state index in [0.717, 1.165) is 10.9 Å². The van der Waals surface area contributed by atoms with Crippen molar-refractivity contribution in [1.82, 2.24) is 4.98 Å². The molecule has 18 heavy (non-hydrogen) atoms. The first-order valence-corrected chi connectivity index (χ1v) is 5.92. The van der Waals surface area contributed by atoms with Crippen LogP contribution >= 0.6 is 0 Å². The van der Waals surface area contributed by atoms with E-state index in [0.29, 0.717) is 11.3 Å². The van der Waals surface area contributed by atoms with E-state index in [9.17, 15) is 15.0 Å². The lowest BCUT2D eigenvalue weighted by molar-refractivity contribution is -0.165. The van der Waals surface area contributed by atoms with Crippen LogP contribution in [0.5, 0.6) is 0 Å². The van der Waals surface area contributed by atoms with Gasteiger partial charge in [0, 0.05) is 22.2 Å². The van der Waals surface area contributed by atoms with Crippen LogP contribution in [0.4, 0.5) is 0 Å². The number of aromatic nitrogens is 1. The number of hydrogen-bond acceptors (Lipinski definition) is 2. The Bertz CT molecular complexity index is 600. The third-order valence-electron chi connectivity index (χ3n) is 3.44. The fraction of sp³-hybridized carbons (Fsp3) is 0.357. The maximum absolute atomic E-state index is 11.5. The van der Waals surface area contributed by atoms with Gasteiger partial charge in [0.1, 0.15) is 0 Å². The second-order valence-corrected chi connectivity index (χ2v) is 4.90. The highest BCUT2D eigenvalue weighted by molar-refractivity contribution is 5.92. The van der Waals surface area contributed by atoms with E-state index in [1.165, 1.54) is 0 Å². The highest BCUT2D eigenvalue weighted by Crippen LogP contribution is 2.37. The van der Waals surface area contributed by atoms with E-state index in [-0.39, 0.29) is 0 Å². The van der Waals surface area contributed by atoms with Crippen LogP contribution < -0.4 is 0 Å². The number of aliphatic carboxylic acids is 1. The summed E-state index contributed by atoms with van der Waals surface area (Å²) in [4.78, 5) is 14.6. The second kappa shape index (κ2) is 4.14. The lowest BCUT2D eigenvalue weighted by Crippen LogP contribution is -2.41. The van der Waals surface area contributed by atoms with E-state index < -0.39 is 17.5 Å². The first kappa shape index (κ1) is 12.6. The molecule has 2 rings (SSSR count). The number of nitrogens with one attached hydrogen (secondary N) is 1. The lowest BCUT2D eigenvalue weighted by atomic mass is 9.82. The van der Waals surface area contributed by atoms with Gasteiger partial charge in [0.25, 0.3) is 0 Å². The fourth-order valence-corrected chi connectivity index (χ4v) is 2.41. The Morgan fingerprint density at radius 3 is 2.50 bits per heavy atom. The van der Waals surface area contributed by atoms with E-state index in [1.54, 1.807) is 20.8 Å². The van der Waals surface area contributed by atoms with E-state index in [4.69, 9.17) is 0 Å². The number of carboxylic acids is 1. The average Bonchev–Trinajstić information content (AvgIpc) is 2.63. The van der Waals surface area contributed by atoms with E-state index in [1.807, 2.05) is 24.3 Å². The molecule has 0 aliphatic carbocycles. The van der Waals surface area contributed by atoms with Crippen molar-refractivity contribution < 1.29 is 15.0 Å². The van der Waals surface area contributed by atoms with Crippen LogP contribution in [-0.4, -0.2) is 21.2 Å². The smallest absolute Gasteiger partial charge is 0.340 e. The van der Waals surface area contributed by atoms with Gasteiger partial charge in [-0.25, -0.2) is 4.79 Å². The maximum atomic E-state index is 11.5. The molecule has 2 aromatic rings. The van der Waals surface area contributed by atoms with Gasteiger partial charge in [-0.05, 0) is 18.9 Å². The molecule has 1 unspecified atom stereocenters. The molecule has 1 atom stereocenters. The number of aliphatic hydroxyl groups is 1. The van der Waals surface area contributed by atoms with Crippen molar-refractivity contribution in [3.8, 4) is 0 Å².